The van der Waals surface area contributed by atoms with Crippen LogP contribution < -0.4 is 5.73 Å². The van der Waals surface area contributed by atoms with Crippen LogP contribution in [0.15, 0.2) is 28.7 Å². The van der Waals surface area contributed by atoms with Crippen LogP contribution in [0.25, 0.3) is 0 Å². The van der Waals surface area contributed by atoms with E-state index in [1.54, 1.807) is 0 Å². The predicted molar refractivity (Wildman–Crippen MR) is 77.4 cm³/mol. The Hall–Kier alpha value is -0.420. The molecular weight excluding hydrogens is 292 g/mol. The number of hydrogen-bond donors (Lipinski definition) is 1. The third kappa shape index (κ3) is 3.32. The highest BCUT2D eigenvalue weighted by Gasteiger charge is 2.38. The molecule has 2 unspecified atom stereocenters. The second-order valence-electron chi connectivity index (χ2n) is 5.57. The SMILES string of the molecule is CN(Cc1ccc(Br)cc1)CC1(C)COCC1N. The zero-order valence-corrected chi connectivity index (χ0v) is 12.6. The Kier molecular flexibility index (Phi) is 4.43. The van der Waals surface area contributed by atoms with E-state index in [1.165, 1.54) is 5.56 Å². The Bertz CT molecular complexity index is 395. The molecule has 1 saturated heterocycles. The van der Waals surface area contributed by atoms with Crippen molar-refractivity contribution in [2.45, 2.75) is 19.5 Å². The highest BCUT2D eigenvalue weighted by atomic mass is 79.9. The number of halogens is 1. The Labute approximate surface area is 117 Å². The molecule has 0 bridgehead atoms. The zero-order chi connectivity index (χ0) is 13.2. The van der Waals surface area contributed by atoms with Gasteiger partial charge in [-0.25, -0.2) is 0 Å². The first-order chi connectivity index (χ1) is 8.49. The quantitative estimate of drug-likeness (QED) is 0.926. The molecule has 100 valence electrons. The van der Waals surface area contributed by atoms with Crippen molar-refractivity contribution in [3.63, 3.8) is 0 Å². The molecule has 1 aliphatic heterocycles. The molecule has 2 atom stereocenters. The minimum absolute atomic E-state index is 0.0735. The summed E-state index contributed by atoms with van der Waals surface area (Å²) >= 11 is 3.45. The van der Waals surface area contributed by atoms with Crippen molar-refractivity contribution in [3.8, 4) is 0 Å². The minimum Gasteiger partial charge on any atom is -0.379 e. The van der Waals surface area contributed by atoms with Crippen LogP contribution >= 0.6 is 15.9 Å². The first-order valence-corrected chi connectivity index (χ1v) is 7.05. The Morgan fingerprint density at radius 1 is 1.44 bits per heavy atom. The van der Waals surface area contributed by atoms with Crippen LogP contribution in [-0.4, -0.2) is 37.7 Å². The van der Waals surface area contributed by atoms with Gasteiger partial charge in [-0.3, -0.25) is 0 Å². The molecule has 1 aromatic rings. The van der Waals surface area contributed by atoms with E-state index >= 15 is 0 Å². The molecule has 4 heteroatoms. The molecule has 18 heavy (non-hydrogen) atoms. The second kappa shape index (κ2) is 5.70. The van der Waals surface area contributed by atoms with Gasteiger partial charge in [-0.2, -0.15) is 0 Å². The van der Waals surface area contributed by atoms with Crippen molar-refractivity contribution in [1.29, 1.82) is 0 Å². The average Bonchev–Trinajstić information content (AvgIpc) is 2.62. The lowest BCUT2D eigenvalue weighted by Gasteiger charge is -2.32. The third-order valence-corrected chi connectivity index (χ3v) is 4.15. The van der Waals surface area contributed by atoms with Crippen LogP contribution in [0.1, 0.15) is 12.5 Å². The number of ether oxygens (including phenoxy) is 1. The van der Waals surface area contributed by atoms with Crippen LogP contribution in [0.2, 0.25) is 0 Å². The van der Waals surface area contributed by atoms with Crippen LogP contribution in [0, 0.1) is 5.41 Å². The van der Waals surface area contributed by atoms with Crippen molar-refractivity contribution in [2.75, 3.05) is 26.8 Å². The molecule has 0 radical (unpaired) electrons. The highest BCUT2D eigenvalue weighted by molar-refractivity contribution is 9.10. The molecule has 1 fully saturated rings. The number of rotatable bonds is 4. The van der Waals surface area contributed by atoms with E-state index in [-0.39, 0.29) is 11.5 Å². The monoisotopic (exact) mass is 312 g/mol. The van der Waals surface area contributed by atoms with Gasteiger partial charge in [0.1, 0.15) is 0 Å². The van der Waals surface area contributed by atoms with E-state index < -0.39 is 0 Å². The van der Waals surface area contributed by atoms with E-state index in [4.69, 9.17) is 10.5 Å². The average molecular weight is 313 g/mol. The maximum atomic E-state index is 6.12. The smallest absolute Gasteiger partial charge is 0.0624 e. The molecule has 1 heterocycles. The van der Waals surface area contributed by atoms with E-state index in [1.807, 2.05) is 0 Å². The summed E-state index contributed by atoms with van der Waals surface area (Å²) < 4.78 is 6.60. The molecule has 0 saturated carbocycles. The summed E-state index contributed by atoms with van der Waals surface area (Å²) in [7, 11) is 2.14. The fourth-order valence-electron chi connectivity index (χ4n) is 2.46. The van der Waals surface area contributed by atoms with Crippen LogP contribution in [0.4, 0.5) is 0 Å². The third-order valence-electron chi connectivity index (χ3n) is 3.62. The fraction of sp³-hybridized carbons (Fsp3) is 0.571. The van der Waals surface area contributed by atoms with Crippen LogP contribution in [0.5, 0.6) is 0 Å². The lowest BCUT2D eigenvalue weighted by Crippen LogP contribution is -2.45. The summed E-state index contributed by atoms with van der Waals surface area (Å²) in [6.45, 7) is 5.56. The first kappa shape index (κ1) is 14.0. The van der Waals surface area contributed by atoms with E-state index in [0.717, 1.165) is 24.2 Å². The van der Waals surface area contributed by atoms with Crippen LogP contribution in [-0.2, 0) is 11.3 Å². The maximum Gasteiger partial charge on any atom is 0.0624 e. The molecule has 2 N–H and O–H groups in total. The van der Waals surface area contributed by atoms with Gasteiger partial charge in [0.25, 0.3) is 0 Å². The largest absolute Gasteiger partial charge is 0.379 e. The summed E-state index contributed by atoms with van der Waals surface area (Å²) in [4.78, 5) is 2.32. The number of hydrogen-bond acceptors (Lipinski definition) is 3. The van der Waals surface area contributed by atoms with Crippen molar-refractivity contribution < 1.29 is 4.74 Å². The summed E-state index contributed by atoms with van der Waals surface area (Å²) in [5.41, 5.74) is 7.51. The summed E-state index contributed by atoms with van der Waals surface area (Å²) in [6, 6.07) is 8.59. The molecule has 0 aromatic heterocycles. The van der Waals surface area contributed by atoms with E-state index in [2.05, 4.69) is 59.1 Å². The summed E-state index contributed by atoms with van der Waals surface area (Å²) in [5, 5.41) is 0. The van der Waals surface area contributed by atoms with Crippen LogP contribution in [0.3, 0.4) is 0 Å². The molecule has 1 aromatic carbocycles. The van der Waals surface area contributed by atoms with Gasteiger partial charge >= 0.3 is 0 Å². The lowest BCUT2D eigenvalue weighted by atomic mass is 9.85. The molecule has 3 nitrogen and oxygen atoms in total. The summed E-state index contributed by atoms with van der Waals surface area (Å²) in [6.07, 6.45) is 0. The molecule has 1 aliphatic rings. The summed E-state index contributed by atoms with van der Waals surface area (Å²) in [5.74, 6) is 0. The predicted octanol–water partition coefficient (Wildman–Crippen LogP) is 2.24. The van der Waals surface area contributed by atoms with Crippen molar-refractivity contribution >= 4 is 15.9 Å². The number of nitrogens with two attached hydrogens (primary N) is 1. The van der Waals surface area contributed by atoms with Gasteiger partial charge in [0, 0.05) is 29.0 Å². The van der Waals surface area contributed by atoms with Gasteiger partial charge in [-0.15, -0.1) is 0 Å². The second-order valence-corrected chi connectivity index (χ2v) is 6.49. The lowest BCUT2D eigenvalue weighted by molar-refractivity contribution is 0.128. The van der Waals surface area contributed by atoms with Gasteiger partial charge in [-0.05, 0) is 24.7 Å². The Morgan fingerprint density at radius 2 is 2.11 bits per heavy atom. The van der Waals surface area contributed by atoms with Crippen molar-refractivity contribution in [3.05, 3.63) is 34.3 Å². The zero-order valence-electron chi connectivity index (χ0n) is 11.0. The first-order valence-electron chi connectivity index (χ1n) is 6.26. The van der Waals surface area contributed by atoms with Gasteiger partial charge in [0.2, 0.25) is 0 Å². The molecule has 0 amide bonds. The molecule has 0 aliphatic carbocycles. The van der Waals surface area contributed by atoms with Gasteiger partial charge in [0.15, 0.2) is 0 Å². The van der Waals surface area contributed by atoms with Gasteiger partial charge < -0.3 is 15.4 Å². The van der Waals surface area contributed by atoms with Gasteiger partial charge in [-0.1, -0.05) is 35.0 Å². The normalized spacial score (nSPS) is 27.9. The van der Waals surface area contributed by atoms with E-state index in [9.17, 15) is 0 Å². The molecular formula is C14H21BrN2O. The van der Waals surface area contributed by atoms with Crippen molar-refractivity contribution in [2.24, 2.45) is 11.1 Å². The fourth-order valence-corrected chi connectivity index (χ4v) is 2.73. The van der Waals surface area contributed by atoms with E-state index in [0.29, 0.717) is 6.61 Å². The molecule has 2 rings (SSSR count). The topological polar surface area (TPSA) is 38.5 Å². The highest BCUT2D eigenvalue weighted by Crippen LogP contribution is 2.28. The molecule has 0 spiro atoms. The minimum atomic E-state index is 0.0735. The van der Waals surface area contributed by atoms with Crippen molar-refractivity contribution in [1.82, 2.24) is 4.90 Å². The number of benzene rings is 1. The standard InChI is InChI=1S/C14H21BrN2O/c1-14(10-18-8-13(14)16)9-17(2)7-11-3-5-12(15)6-4-11/h3-6,13H,7-10,16H2,1-2H3. The Morgan fingerprint density at radius 3 is 2.67 bits per heavy atom. The van der Waals surface area contributed by atoms with Gasteiger partial charge in [0.05, 0.1) is 13.2 Å². The number of nitrogens with zero attached hydrogens (tertiary/aromatic N) is 1. The Balaban J connectivity index is 1.92. The maximum absolute atomic E-state index is 6.12.